The number of amides is 2. The number of carbonyl (C=O) groups excluding carboxylic acids is 2. The van der Waals surface area contributed by atoms with Crippen molar-refractivity contribution in [2.75, 3.05) is 37.3 Å². The van der Waals surface area contributed by atoms with Gasteiger partial charge in [0.1, 0.15) is 0 Å². The van der Waals surface area contributed by atoms with Crippen molar-refractivity contribution >= 4 is 23.2 Å². The molecule has 2 N–H and O–H groups in total. The number of rotatable bonds is 4. The van der Waals surface area contributed by atoms with Crippen LogP contribution in [0.25, 0.3) is 0 Å². The van der Waals surface area contributed by atoms with E-state index in [9.17, 15) is 9.59 Å². The normalized spacial score (nSPS) is 24.4. The van der Waals surface area contributed by atoms with E-state index in [2.05, 4.69) is 27.5 Å². The highest BCUT2D eigenvalue weighted by atomic mass is 16.2. The summed E-state index contributed by atoms with van der Waals surface area (Å²) in [7, 11) is 2.16. The second kappa shape index (κ2) is 7.32. The van der Waals surface area contributed by atoms with Crippen LogP contribution >= 0.6 is 0 Å². The summed E-state index contributed by atoms with van der Waals surface area (Å²) in [6, 6.07) is 8.24. The summed E-state index contributed by atoms with van der Waals surface area (Å²) in [5.41, 5.74) is 1.49. The molecule has 24 heavy (non-hydrogen) atoms. The number of likely N-dealkylation sites (N-methyl/N-ethyl adjacent to an activating group) is 1. The van der Waals surface area contributed by atoms with E-state index >= 15 is 0 Å². The molecule has 3 rings (SSSR count). The van der Waals surface area contributed by atoms with Gasteiger partial charge in [-0.25, -0.2) is 0 Å². The largest absolute Gasteiger partial charge is 0.326 e. The number of nitrogens with one attached hydrogen (secondary N) is 2. The lowest BCUT2D eigenvalue weighted by Crippen LogP contribution is -2.43. The van der Waals surface area contributed by atoms with E-state index in [1.165, 1.54) is 19.8 Å². The van der Waals surface area contributed by atoms with Crippen LogP contribution < -0.4 is 10.6 Å². The van der Waals surface area contributed by atoms with Crippen LogP contribution in [0.3, 0.4) is 0 Å². The maximum Gasteiger partial charge on any atom is 0.238 e. The Morgan fingerprint density at radius 3 is 2.33 bits per heavy atom. The summed E-state index contributed by atoms with van der Waals surface area (Å²) in [6.45, 7) is 4.10. The lowest BCUT2D eigenvalue weighted by atomic mass is 10.1. The third-order valence-electron chi connectivity index (χ3n) is 4.95. The smallest absolute Gasteiger partial charge is 0.238 e. The predicted octanol–water partition coefficient (Wildman–Crippen LogP) is 1.75. The van der Waals surface area contributed by atoms with E-state index in [4.69, 9.17) is 0 Å². The Kier molecular flexibility index (Phi) is 5.16. The molecule has 2 atom stereocenters. The molecule has 2 saturated heterocycles. The molecule has 1 aromatic rings. The molecule has 0 spiro atoms. The number of likely N-dealkylation sites (tertiary alicyclic amines) is 1. The van der Waals surface area contributed by atoms with Crippen molar-refractivity contribution < 1.29 is 9.59 Å². The Morgan fingerprint density at radius 1 is 1.04 bits per heavy atom. The molecule has 0 aromatic heterocycles. The highest BCUT2D eigenvalue weighted by Crippen LogP contribution is 2.29. The second-order valence-corrected chi connectivity index (χ2v) is 6.91. The van der Waals surface area contributed by atoms with Gasteiger partial charge in [0.15, 0.2) is 0 Å². The van der Waals surface area contributed by atoms with E-state index in [-0.39, 0.29) is 11.8 Å². The molecule has 2 amide bonds. The van der Waals surface area contributed by atoms with Gasteiger partial charge in [0.05, 0.1) is 6.54 Å². The van der Waals surface area contributed by atoms with Crippen molar-refractivity contribution in [1.82, 2.24) is 9.80 Å². The number of hydrogen-bond donors (Lipinski definition) is 2. The molecule has 0 unspecified atom stereocenters. The van der Waals surface area contributed by atoms with Crippen molar-refractivity contribution in [3.63, 3.8) is 0 Å². The second-order valence-electron chi connectivity index (χ2n) is 6.91. The topological polar surface area (TPSA) is 64.7 Å². The van der Waals surface area contributed by atoms with Crippen LogP contribution in [-0.2, 0) is 9.59 Å². The maximum atomic E-state index is 12.4. The zero-order valence-electron chi connectivity index (χ0n) is 14.4. The van der Waals surface area contributed by atoms with Crippen LogP contribution in [0.1, 0.15) is 26.2 Å². The molecule has 2 bridgehead atoms. The molecule has 6 heteroatoms. The number of nitrogens with zero attached hydrogens (tertiary/aromatic N) is 2. The molecule has 1 aromatic carbocycles. The van der Waals surface area contributed by atoms with Crippen molar-refractivity contribution in [2.24, 2.45) is 0 Å². The quantitative estimate of drug-likeness (QED) is 0.883. The average Bonchev–Trinajstić information content (AvgIpc) is 2.80. The van der Waals surface area contributed by atoms with Crippen molar-refractivity contribution in [2.45, 2.75) is 38.3 Å². The third-order valence-corrected chi connectivity index (χ3v) is 4.95. The van der Waals surface area contributed by atoms with Gasteiger partial charge >= 0.3 is 0 Å². The van der Waals surface area contributed by atoms with Crippen molar-refractivity contribution in [3.05, 3.63) is 24.3 Å². The van der Waals surface area contributed by atoms with Crippen LogP contribution in [0, 0.1) is 0 Å². The summed E-state index contributed by atoms with van der Waals surface area (Å²) in [6.07, 6.45) is 3.54. The zero-order valence-corrected chi connectivity index (χ0v) is 14.4. The van der Waals surface area contributed by atoms with E-state index in [0.29, 0.717) is 18.6 Å². The molecule has 0 saturated carbocycles. The minimum absolute atomic E-state index is 0.0312. The fourth-order valence-corrected chi connectivity index (χ4v) is 3.81. The third kappa shape index (κ3) is 4.13. The van der Waals surface area contributed by atoms with E-state index in [1.807, 2.05) is 12.1 Å². The highest BCUT2D eigenvalue weighted by Gasteiger charge is 2.37. The summed E-state index contributed by atoms with van der Waals surface area (Å²) in [5.74, 6) is -0.0721. The molecule has 2 fully saturated rings. The van der Waals surface area contributed by atoms with Crippen molar-refractivity contribution in [1.29, 1.82) is 0 Å². The Morgan fingerprint density at radius 2 is 1.67 bits per heavy atom. The van der Waals surface area contributed by atoms with E-state index in [0.717, 1.165) is 30.9 Å². The predicted molar refractivity (Wildman–Crippen MR) is 95.0 cm³/mol. The van der Waals surface area contributed by atoms with Gasteiger partial charge in [-0.3, -0.25) is 14.5 Å². The SMILES string of the molecule is CC(=O)Nc1ccc(NC(=O)CN2[C@H]3CC[C@@H]2CN(C)CC3)cc1. The van der Waals surface area contributed by atoms with Crippen LogP contribution in [0.2, 0.25) is 0 Å². The lowest BCUT2D eigenvalue weighted by Gasteiger charge is -2.27. The summed E-state index contributed by atoms with van der Waals surface area (Å²) < 4.78 is 0. The number of anilines is 2. The minimum Gasteiger partial charge on any atom is -0.326 e. The fraction of sp³-hybridized carbons (Fsp3) is 0.556. The van der Waals surface area contributed by atoms with Crippen LogP contribution in [0.5, 0.6) is 0 Å². The Balaban J connectivity index is 1.56. The number of fused-ring (bicyclic) bond motifs is 2. The molecular weight excluding hydrogens is 304 g/mol. The zero-order chi connectivity index (χ0) is 17.1. The fourth-order valence-electron chi connectivity index (χ4n) is 3.81. The first kappa shape index (κ1) is 16.9. The summed E-state index contributed by atoms with van der Waals surface area (Å²) in [4.78, 5) is 28.2. The molecule has 2 aliphatic rings. The highest BCUT2D eigenvalue weighted by molar-refractivity contribution is 5.93. The molecule has 6 nitrogen and oxygen atoms in total. The van der Waals surface area contributed by atoms with Crippen LogP contribution in [0.4, 0.5) is 11.4 Å². The van der Waals surface area contributed by atoms with Gasteiger partial charge < -0.3 is 15.5 Å². The Hall–Kier alpha value is -1.92. The first-order chi connectivity index (χ1) is 11.5. The van der Waals surface area contributed by atoms with Gasteiger partial charge in [0, 0.05) is 36.9 Å². The number of benzene rings is 1. The molecule has 2 aliphatic heterocycles. The molecule has 130 valence electrons. The average molecular weight is 330 g/mol. The number of hydrogen-bond acceptors (Lipinski definition) is 4. The first-order valence-electron chi connectivity index (χ1n) is 8.63. The molecule has 0 radical (unpaired) electrons. The van der Waals surface area contributed by atoms with Crippen molar-refractivity contribution in [3.8, 4) is 0 Å². The Labute approximate surface area is 143 Å². The van der Waals surface area contributed by atoms with Gasteiger partial charge in [-0.1, -0.05) is 0 Å². The Bertz CT molecular complexity index is 602. The molecular formula is C18H26N4O2. The number of carbonyl (C=O) groups is 2. The summed E-state index contributed by atoms with van der Waals surface area (Å²) >= 11 is 0. The molecule has 2 heterocycles. The summed E-state index contributed by atoms with van der Waals surface area (Å²) in [5, 5.41) is 5.68. The molecule has 0 aliphatic carbocycles. The van der Waals surface area contributed by atoms with Gasteiger partial charge in [0.25, 0.3) is 0 Å². The standard InChI is InChI=1S/C18H26N4O2/c1-13(23)19-14-3-5-15(6-4-14)20-18(24)12-22-16-7-8-17(22)11-21(2)10-9-16/h3-6,16-17H,7-12H2,1-2H3,(H,19,23)(H,20,24)/t16-,17+/m0/s1. The maximum absolute atomic E-state index is 12.4. The van der Waals surface area contributed by atoms with Gasteiger partial charge in [-0.2, -0.15) is 0 Å². The van der Waals surface area contributed by atoms with Crippen LogP contribution in [0.15, 0.2) is 24.3 Å². The van der Waals surface area contributed by atoms with Gasteiger partial charge in [-0.15, -0.1) is 0 Å². The van der Waals surface area contributed by atoms with Crippen LogP contribution in [-0.4, -0.2) is 60.4 Å². The van der Waals surface area contributed by atoms with E-state index in [1.54, 1.807) is 12.1 Å². The van der Waals surface area contributed by atoms with Gasteiger partial charge in [0.2, 0.25) is 11.8 Å². The lowest BCUT2D eigenvalue weighted by molar-refractivity contribution is -0.118. The van der Waals surface area contributed by atoms with E-state index < -0.39 is 0 Å². The first-order valence-corrected chi connectivity index (χ1v) is 8.63. The minimum atomic E-state index is -0.103. The monoisotopic (exact) mass is 330 g/mol. The van der Waals surface area contributed by atoms with Gasteiger partial charge in [-0.05, 0) is 57.1 Å².